The van der Waals surface area contributed by atoms with Gasteiger partial charge in [0.1, 0.15) is 6.26 Å². The molecule has 28 heavy (non-hydrogen) atoms. The van der Waals surface area contributed by atoms with Gasteiger partial charge in [-0.1, -0.05) is 29.8 Å². The van der Waals surface area contributed by atoms with E-state index in [4.69, 9.17) is 9.68 Å². The molecule has 0 aliphatic carbocycles. The SMILES string of the molecule is Cc1ccc(-c2nc(CN3CCN(Cc4ccc(C#N)cc4)CC3)co2)cc1. The van der Waals surface area contributed by atoms with Crippen molar-refractivity contribution in [2.75, 3.05) is 26.2 Å². The fraction of sp³-hybridized carbons (Fsp3) is 0.304. The van der Waals surface area contributed by atoms with Crippen LogP contribution in [0, 0.1) is 18.3 Å². The van der Waals surface area contributed by atoms with Gasteiger partial charge in [0.2, 0.25) is 5.89 Å². The molecule has 0 atom stereocenters. The largest absolute Gasteiger partial charge is 0.444 e. The number of hydrogen-bond donors (Lipinski definition) is 0. The number of nitrogens with zero attached hydrogens (tertiary/aromatic N) is 4. The lowest BCUT2D eigenvalue weighted by atomic mass is 10.1. The summed E-state index contributed by atoms with van der Waals surface area (Å²) < 4.78 is 5.68. The van der Waals surface area contributed by atoms with Crippen LogP contribution in [0.1, 0.15) is 22.4 Å². The Morgan fingerprint density at radius 3 is 2.21 bits per heavy atom. The van der Waals surface area contributed by atoms with Crippen LogP contribution < -0.4 is 0 Å². The topological polar surface area (TPSA) is 56.3 Å². The summed E-state index contributed by atoms with van der Waals surface area (Å²) in [6, 6.07) is 18.3. The van der Waals surface area contributed by atoms with Crippen molar-refractivity contribution < 1.29 is 4.42 Å². The average molecular weight is 372 g/mol. The second-order valence-corrected chi connectivity index (χ2v) is 7.37. The third kappa shape index (κ3) is 4.48. The van der Waals surface area contributed by atoms with E-state index in [1.54, 1.807) is 6.26 Å². The van der Waals surface area contributed by atoms with Crippen LogP contribution in [0.2, 0.25) is 0 Å². The first-order chi connectivity index (χ1) is 13.7. The number of aryl methyl sites for hydroxylation is 1. The summed E-state index contributed by atoms with van der Waals surface area (Å²) in [4.78, 5) is 9.54. The van der Waals surface area contributed by atoms with E-state index in [0.717, 1.165) is 50.5 Å². The third-order valence-corrected chi connectivity index (χ3v) is 5.19. The van der Waals surface area contributed by atoms with Crippen LogP contribution in [-0.4, -0.2) is 41.0 Å². The number of rotatable bonds is 5. The summed E-state index contributed by atoms with van der Waals surface area (Å²) in [5, 5.41) is 8.90. The highest BCUT2D eigenvalue weighted by molar-refractivity contribution is 5.53. The number of aromatic nitrogens is 1. The van der Waals surface area contributed by atoms with Gasteiger partial charge in [-0.2, -0.15) is 5.26 Å². The van der Waals surface area contributed by atoms with E-state index >= 15 is 0 Å². The van der Waals surface area contributed by atoms with Gasteiger partial charge in [0.05, 0.1) is 17.3 Å². The highest BCUT2D eigenvalue weighted by atomic mass is 16.3. The van der Waals surface area contributed by atoms with Gasteiger partial charge in [0.15, 0.2) is 0 Å². The number of nitriles is 1. The van der Waals surface area contributed by atoms with Gasteiger partial charge in [-0.25, -0.2) is 4.98 Å². The monoisotopic (exact) mass is 372 g/mol. The molecule has 0 bridgehead atoms. The molecule has 142 valence electrons. The van der Waals surface area contributed by atoms with Crippen LogP contribution in [0.4, 0.5) is 0 Å². The molecule has 1 saturated heterocycles. The molecule has 2 heterocycles. The first-order valence-corrected chi connectivity index (χ1v) is 9.65. The maximum absolute atomic E-state index is 8.90. The van der Waals surface area contributed by atoms with E-state index in [2.05, 4.69) is 39.9 Å². The number of hydrogen-bond acceptors (Lipinski definition) is 5. The van der Waals surface area contributed by atoms with Crippen molar-refractivity contribution in [3.05, 3.63) is 77.2 Å². The molecule has 0 N–H and O–H groups in total. The van der Waals surface area contributed by atoms with Crippen molar-refractivity contribution in [3.8, 4) is 17.5 Å². The Kier molecular flexibility index (Phi) is 5.52. The smallest absolute Gasteiger partial charge is 0.226 e. The summed E-state index contributed by atoms with van der Waals surface area (Å²) in [5.41, 5.74) is 5.20. The van der Waals surface area contributed by atoms with Gasteiger partial charge in [-0.3, -0.25) is 9.80 Å². The molecule has 4 rings (SSSR count). The van der Waals surface area contributed by atoms with Gasteiger partial charge in [-0.15, -0.1) is 0 Å². The van der Waals surface area contributed by atoms with E-state index in [1.165, 1.54) is 11.1 Å². The Morgan fingerprint density at radius 1 is 0.929 bits per heavy atom. The normalized spacial score (nSPS) is 15.4. The quantitative estimate of drug-likeness (QED) is 0.681. The van der Waals surface area contributed by atoms with Gasteiger partial charge >= 0.3 is 0 Å². The van der Waals surface area contributed by atoms with Crippen LogP contribution in [0.25, 0.3) is 11.5 Å². The van der Waals surface area contributed by atoms with Gasteiger partial charge < -0.3 is 4.42 Å². The van der Waals surface area contributed by atoms with Crippen molar-refractivity contribution in [2.45, 2.75) is 20.0 Å². The lowest BCUT2D eigenvalue weighted by Gasteiger charge is -2.34. The van der Waals surface area contributed by atoms with Crippen LogP contribution in [-0.2, 0) is 13.1 Å². The molecule has 2 aromatic carbocycles. The molecular formula is C23H24N4O. The van der Waals surface area contributed by atoms with Crippen LogP contribution in [0.15, 0.2) is 59.2 Å². The first-order valence-electron chi connectivity index (χ1n) is 9.65. The molecule has 0 spiro atoms. The highest BCUT2D eigenvalue weighted by Crippen LogP contribution is 2.20. The third-order valence-electron chi connectivity index (χ3n) is 5.19. The van der Waals surface area contributed by atoms with E-state index in [0.29, 0.717) is 11.5 Å². The zero-order valence-electron chi connectivity index (χ0n) is 16.1. The van der Waals surface area contributed by atoms with E-state index < -0.39 is 0 Å². The molecule has 1 aliphatic rings. The van der Waals surface area contributed by atoms with Crippen LogP contribution in [0.5, 0.6) is 0 Å². The Morgan fingerprint density at radius 2 is 1.57 bits per heavy atom. The molecule has 5 nitrogen and oxygen atoms in total. The molecule has 0 amide bonds. The predicted octanol–water partition coefficient (Wildman–Crippen LogP) is 3.84. The minimum Gasteiger partial charge on any atom is -0.444 e. The van der Waals surface area contributed by atoms with Crippen molar-refractivity contribution >= 4 is 0 Å². The maximum Gasteiger partial charge on any atom is 0.226 e. The van der Waals surface area contributed by atoms with Crippen molar-refractivity contribution in [1.29, 1.82) is 5.26 Å². The summed E-state index contributed by atoms with van der Waals surface area (Å²) in [7, 11) is 0. The number of benzene rings is 2. The summed E-state index contributed by atoms with van der Waals surface area (Å²) in [6.45, 7) is 7.92. The van der Waals surface area contributed by atoms with Crippen molar-refractivity contribution in [3.63, 3.8) is 0 Å². The molecule has 0 saturated carbocycles. The number of piperazine rings is 1. The summed E-state index contributed by atoms with van der Waals surface area (Å²) >= 11 is 0. The molecule has 1 aromatic heterocycles. The maximum atomic E-state index is 8.90. The van der Waals surface area contributed by atoms with E-state index in [-0.39, 0.29) is 0 Å². The highest BCUT2D eigenvalue weighted by Gasteiger charge is 2.18. The minimum atomic E-state index is 0.689. The van der Waals surface area contributed by atoms with Gasteiger partial charge in [0, 0.05) is 44.8 Å². The standard InChI is InChI=1S/C23H24N4O/c1-18-2-8-21(9-3-18)23-25-22(17-28-23)16-27-12-10-26(11-13-27)15-20-6-4-19(14-24)5-7-20/h2-9,17H,10-13,15-16H2,1H3. The Labute approximate surface area is 165 Å². The second-order valence-electron chi connectivity index (χ2n) is 7.37. The molecule has 5 heteroatoms. The minimum absolute atomic E-state index is 0.689. The van der Waals surface area contributed by atoms with Crippen LogP contribution >= 0.6 is 0 Å². The molecule has 1 aliphatic heterocycles. The second kappa shape index (κ2) is 8.39. The number of oxazole rings is 1. The zero-order chi connectivity index (χ0) is 19.3. The Hall–Kier alpha value is -2.94. The van der Waals surface area contributed by atoms with Crippen molar-refractivity contribution in [2.24, 2.45) is 0 Å². The fourth-order valence-corrected chi connectivity index (χ4v) is 3.49. The predicted molar refractivity (Wildman–Crippen MR) is 108 cm³/mol. The lowest BCUT2D eigenvalue weighted by Crippen LogP contribution is -2.45. The molecule has 0 radical (unpaired) electrons. The molecule has 3 aromatic rings. The lowest BCUT2D eigenvalue weighted by molar-refractivity contribution is 0.121. The first kappa shape index (κ1) is 18.4. The average Bonchev–Trinajstić information content (AvgIpc) is 3.19. The van der Waals surface area contributed by atoms with Crippen molar-refractivity contribution in [1.82, 2.24) is 14.8 Å². The molecule has 0 unspecified atom stereocenters. The van der Waals surface area contributed by atoms with E-state index in [1.807, 2.05) is 36.4 Å². The Bertz CT molecular complexity index is 946. The van der Waals surface area contributed by atoms with Crippen LogP contribution in [0.3, 0.4) is 0 Å². The molecule has 1 fully saturated rings. The molecular weight excluding hydrogens is 348 g/mol. The van der Waals surface area contributed by atoms with E-state index in [9.17, 15) is 0 Å². The zero-order valence-corrected chi connectivity index (χ0v) is 16.1. The summed E-state index contributed by atoms with van der Waals surface area (Å²) in [5.74, 6) is 0.689. The summed E-state index contributed by atoms with van der Waals surface area (Å²) in [6.07, 6.45) is 1.78. The van der Waals surface area contributed by atoms with Gasteiger partial charge in [-0.05, 0) is 36.8 Å². The fourth-order valence-electron chi connectivity index (χ4n) is 3.49. The Balaban J connectivity index is 1.28. The van der Waals surface area contributed by atoms with Gasteiger partial charge in [0.25, 0.3) is 0 Å².